The van der Waals surface area contributed by atoms with Crippen molar-refractivity contribution in [3.05, 3.63) is 54.9 Å². The third-order valence-electron chi connectivity index (χ3n) is 4.06. The first-order valence-corrected chi connectivity index (χ1v) is 9.61. The van der Waals surface area contributed by atoms with Gasteiger partial charge in [0.2, 0.25) is 0 Å². The summed E-state index contributed by atoms with van der Waals surface area (Å²) in [5, 5.41) is 0.812. The lowest BCUT2D eigenvalue weighted by atomic mass is 9.80. The largest absolute Gasteiger partial charge is 0.426 e. The van der Waals surface area contributed by atoms with Crippen LogP contribution in [0.4, 0.5) is 0 Å². The molecular weight excluding hydrogens is 398 g/mol. The molecule has 2 aliphatic heterocycles. The molecular formula is C16H12BrNO3S2. The molecule has 2 aromatic rings. The second-order valence-electron chi connectivity index (χ2n) is 5.42. The molecule has 1 N–H and O–H groups in total. The Morgan fingerprint density at radius 2 is 2.17 bits per heavy atom. The number of benzene rings is 1. The number of carbonyl (C=O) groups excluding carboxylic acids is 1. The molecule has 3 atom stereocenters. The smallest absolute Gasteiger partial charge is 0.316 e. The number of hydrogen-bond donors (Lipinski definition) is 1. The molecule has 0 bridgehead atoms. The van der Waals surface area contributed by atoms with Gasteiger partial charge in [0, 0.05) is 26.1 Å². The summed E-state index contributed by atoms with van der Waals surface area (Å²) in [6.07, 6.45) is 3.94. The molecule has 0 saturated carbocycles. The fourth-order valence-corrected chi connectivity index (χ4v) is 6.09. The number of ether oxygens (including phenoxy) is 1. The van der Waals surface area contributed by atoms with E-state index in [0.29, 0.717) is 5.75 Å². The summed E-state index contributed by atoms with van der Waals surface area (Å²) < 4.78 is 6.49. The molecule has 7 heteroatoms. The summed E-state index contributed by atoms with van der Waals surface area (Å²) in [6, 6.07) is 5.64. The van der Waals surface area contributed by atoms with Gasteiger partial charge in [-0.05, 0) is 25.1 Å². The van der Waals surface area contributed by atoms with Crippen LogP contribution in [0.1, 0.15) is 23.3 Å². The number of rotatable bonds is 1. The Labute approximate surface area is 149 Å². The third kappa shape index (κ3) is 2.42. The van der Waals surface area contributed by atoms with E-state index in [2.05, 4.69) is 20.9 Å². The summed E-state index contributed by atoms with van der Waals surface area (Å²) in [5.74, 6) is -0.119. The molecule has 0 fully saturated rings. The quantitative estimate of drug-likeness (QED) is 0.440. The van der Waals surface area contributed by atoms with E-state index in [-0.39, 0.29) is 27.9 Å². The number of fused-ring (bicyclic) bond motifs is 5. The van der Waals surface area contributed by atoms with Crippen LogP contribution in [0.3, 0.4) is 0 Å². The topological polar surface area (TPSA) is 59.2 Å². The van der Waals surface area contributed by atoms with Crippen molar-refractivity contribution in [2.45, 2.75) is 23.1 Å². The predicted octanol–water partition coefficient (Wildman–Crippen LogP) is 3.92. The lowest BCUT2D eigenvalue weighted by Crippen LogP contribution is -2.40. The van der Waals surface area contributed by atoms with E-state index in [4.69, 9.17) is 4.74 Å². The number of hydrogen-bond acceptors (Lipinski definition) is 5. The van der Waals surface area contributed by atoms with Crippen molar-refractivity contribution in [2.75, 3.05) is 0 Å². The standard InChI is InChI=1S/C16H12BrNO3S2/c1-2-3-10-12-11(13-14(22-10)18-16(20)23-13)8-6-7(17)4-5-9(8)21-15(12)19/h2-6,10-12H,1H3,(H,18,20)/b3-2+/t10-,11+,12+/m0/s1. The van der Waals surface area contributed by atoms with E-state index >= 15 is 0 Å². The number of H-pyrrole nitrogens is 1. The summed E-state index contributed by atoms with van der Waals surface area (Å²) in [4.78, 5) is 28.2. The highest BCUT2D eigenvalue weighted by molar-refractivity contribution is 9.10. The molecule has 0 unspecified atom stereocenters. The maximum absolute atomic E-state index is 12.6. The van der Waals surface area contributed by atoms with Gasteiger partial charge in [-0.15, -0.1) is 0 Å². The molecule has 1 aromatic carbocycles. The zero-order valence-electron chi connectivity index (χ0n) is 12.0. The van der Waals surface area contributed by atoms with Crippen molar-refractivity contribution < 1.29 is 9.53 Å². The predicted molar refractivity (Wildman–Crippen MR) is 94.5 cm³/mol. The van der Waals surface area contributed by atoms with Crippen LogP contribution in [0.2, 0.25) is 0 Å². The molecule has 2 aliphatic rings. The number of allylic oxidation sites excluding steroid dienone is 1. The van der Waals surface area contributed by atoms with Crippen LogP contribution in [0.25, 0.3) is 0 Å². The monoisotopic (exact) mass is 409 g/mol. The molecule has 23 heavy (non-hydrogen) atoms. The second-order valence-corrected chi connectivity index (χ2v) is 8.54. The van der Waals surface area contributed by atoms with Gasteiger partial charge < -0.3 is 9.72 Å². The van der Waals surface area contributed by atoms with Gasteiger partial charge in [-0.1, -0.05) is 51.2 Å². The van der Waals surface area contributed by atoms with Crippen molar-refractivity contribution >= 4 is 45.0 Å². The molecule has 0 radical (unpaired) electrons. The first kappa shape index (κ1) is 15.2. The number of carbonyl (C=O) groups is 1. The van der Waals surface area contributed by atoms with Gasteiger partial charge in [-0.2, -0.15) is 0 Å². The molecule has 0 spiro atoms. The molecule has 1 aromatic heterocycles. The number of aromatic amines is 1. The highest BCUT2D eigenvalue weighted by Gasteiger charge is 2.48. The molecule has 118 valence electrons. The molecule has 4 nitrogen and oxygen atoms in total. The number of halogens is 1. The van der Waals surface area contributed by atoms with Gasteiger partial charge in [0.1, 0.15) is 5.75 Å². The Kier molecular flexibility index (Phi) is 3.74. The number of thioether (sulfide) groups is 1. The highest BCUT2D eigenvalue weighted by Crippen LogP contribution is 2.54. The van der Waals surface area contributed by atoms with Crippen molar-refractivity contribution in [1.29, 1.82) is 0 Å². The SMILES string of the molecule is C/C=C/[C@@H]1Sc2[nH]c(=O)sc2[C@@H]2c3cc(Br)ccc3OC(=O)[C@@H]21. The summed E-state index contributed by atoms with van der Waals surface area (Å²) in [7, 11) is 0. The van der Waals surface area contributed by atoms with Crippen molar-refractivity contribution in [3.63, 3.8) is 0 Å². The lowest BCUT2D eigenvalue weighted by Gasteiger charge is -2.38. The van der Waals surface area contributed by atoms with Crippen molar-refractivity contribution in [2.24, 2.45) is 5.92 Å². The average Bonchev–Trinajstić information content (AvgIpc) is 2.88. The maximum atomic E-state index is 12.6. The summed E-state index contributed by atoms with van der Waals surface area (Å²) in [6.45, 7) is 1.93. The van der Waals surface area contributed by atoms with Gasteiger partial charge in [0.05, 0.1) is 10.9 Å². The van der Waals surface area contributed by atoms with Crippen LogP contribution in [-0.4, -0.2) is 16.2 Å². The average molecular weight is 410 g/mol. The van der Waals surface area contributed by atoms with E-state index in [1.54, 1.807) is 6.07 Å². The van der Waals surface area contributed by atoms with Gasteiger partial charge in [0.25, 0.3) is 0 Å². The summed E-state index contributed by atoms with van der Waals surface area (Å²) >= 11 is 6.20. The minimum atomic E-state index is -0.322. The zero-order chi connectivity index (χ0) is 16.1. The van der Waals surface area contributed by atoms with E-state index in [1.807, 2.05) is 31.2 Å². The molecule has 0 aliphatic carbocycles. The van der Waals surface area contributed by atoms with Crippen LogP contribution in [0.15, 0.2) is 44.6 Å². The highest BCUT2D eigenvalue weighted by atomic mass is 79.9. The van der Waals surface area contributed by atoms with Gasteiger partial charge in [-0.3, -0.25) is 9.59 Å². The van der Waals surface area contributed by atoms with Crippen LogP contribution in [-0.2, 0) is 4.79 Å². The lowest BCUT2D eigenvalue weighted by molar-refractivity contribution is -0.140. The van der Waals surface area contributed by atoms with Crippen LogP contribution in [0.5, 0.6) is 5.75 Å². The van der Waals surface area contributed by atoms with E-state index in [9.17, 15) is 9.59 Å². The van der Waals surface area contributed by atoms with E-state index in [0.717, 1.165) is 19.9 Å². The van der Waals surface area contributed by atoms with E-state index in [1.165, 1.54) is 23.1 Å². The zero-order valence-corrected chi connectivity index (χ0v) is 15.3. The van der Waals surface area contributed by atoms with Crippen LogP contribution < -0.4 is 9.61 Å². The minimum absolute atomic E-state index is 0.0534. The number of nitrogens with one attached hydrogen (secondary N) is 1. The maximum Gasteiger partial charge on any atom is 0.316 e. The first-order valence-electron chi connectivity index (χ1n) is 7.12. The Morgan fingerprint density at radius 1 is 1.35 bits per heavy atom. The number of esters is 1. The molecule has 0 saturated heterocycles. The summed E-state index contributed by atoms with van der Waals surface area (Å²) in [5.41, 5.74) is 0.954. The van der Waals surface area contributed by atoms with Crippen LogP contribution >= 0.6 is 39.0 Å². The minimum Gasteiger partial charge on any atom is -0.426 e. The first-order chi connectivity index (χ1) is 11.1. The van der Waals surface area contributed by atoms with Crippen molar-refractivity contribution in [1.82, 2.24) is 4.98 Å². The fourth-order valence-electron chi connectivity index (χ4n) is 3.17. The van der Waals surface area contributed by atoms with Crippen LogP contribution in [0, 0.1) is 5.92 Å². The fraction of sp³-hybridized carbons (Fsp3) is 0.250. The Hall–Kier alpha value is -1.31. The van der Waals surface area contributed by atoms with Gasteiger partial charge in [-0.25, -0.2) is 0 Å². The van der Waals surface area contributed by atoms with Gasteiger partial charge in [0.15, 0.2) is 0 Å². The molecule has 0 amide bonds. The number of aromatic nitrogens is 1. The molecule has 3 heterocycles. The van der Waals surface area contributed by atoms with Crippen molar-refractivity contribution in [3.8, 4) is 5.75 Å². The Bertz CT molecular complexity index is 886. The Morgan fingerprint density at radius 3 is 2.96 bits per heavy atom. The molecule has 4 rings (SSSR count). The van der Waals surface area contributed by atoms with Gasteiger partial charge >= 0.3 is 10.8 Å². The second kappa shape index (κ2) is 5.65. The van der Waals surface area contributed by atoms with E-state index < -0.39 is 0 Å². The number of thiazole rings is 1. The normalized spacial score (nSPS) is 25.7. The third-order valence-corrected chi connectivity index (χ3v) is 6.93. The Balaban J connectivity index is 1.97.